The van der Waals surface area contributed by atoms with Crippen molar-refractivity contribution < 1.29 is 4.55 Å². The number of rotatable bonds is 4. The Balaban J connectivity index is 2.52. The van der Waals surface area contributed by atoms with Crippen molar-refractivity contribution in [2.45, 2.75) is 30.1 Å². The summed E-state index contributed by atoms with van der Waals surface area (Å²) in [4.78, 5) is 1.82. The highest BCUT2D eigenvalue weighted by Gasteiger charge is 2.10. The van der Waals surface area contributed by atoms with Gasteiger partial charge in [0, 0.05) is 4.90 Å². The largest absolute Gasteiger partial charge is 0.611 e. The van der Waals surface area contributed by atoms with Gasteiger partial charge in [0.15, 0.2) is 4.90 Å². The van der Waals surface area contributed by atoms with Gasteiger partial charge in [-0.1, -0.05) is 13.8 Å². The van der Waals surface area contributed by atoms with Crippen molar-refractivity contribution in [1.29, 1.82) is 0 Å². The van der Waals surface area contributed by atoms with Crippen molar-refractivity contribution in [3.8, 4) is 0 Å². The van der Waals surface area contributed by atoms with Crippen LogP contribution in [0.15, 0.2) is 34.1 Å². The van der Waals surface area contributed by atoms with E-state index in [9.17, 15) is 4.55 Å². The van der Waals surface area contributed by atoms with Crippen LogP contribution in [0.2, 0.25) is 0 Å². The first-order valence-electron chi connectivity index (χ1n) is 4.77. The van der Waals surface area contributed by atoms with Gasteiger partial charge in [0.2, 0.25) is 0 Å². The van der Waals surface area contributed by atoms with Crippen LogP contribution in [-0.4, -0.2) is 10.3 Å². The maximum atomic E-state index is 11.7. The van der Waals surface area contributed by atoms with Gasteiger partial charge < -0.3 is 4.55 Å². The number of thiol groups is 1. The molecule has 0 saturated heterocycles. The van der Waals surface area contributed by atoms with Crippen molar-refractivity contribution >= 4 is 23.8 Å². The van der Waals surface area contributed by atoms with E-state index >= 15 is 0 Å². The summed E-state index contributed by atoms with van der Waals surface area (Å²) in [5.41, 5.74) is 0. The van der Waals surface area contributed by atoms with Crippen LogP contribution in [-0.2, 0) is 11.2 Å². The Hall–Kier alpha value is -0.120. The maximum absolute atomic E-state index is 11.7. The van der Waals surface area contributed by atoms with Crippen LogP contribution in [0, 0.1) is 5.92 Å². The first-order valence-corrected chi connectivity index (χ1v) is 6.53. The molecule has 0 heterocycles. The molecule has 1 nitrogen and oxygen atoms in total. The summed E-state index contributed by atoms with van der Waals surface area (Å²) < 4.78 is 11.7. The van der Waals surface area contributed by atoms with Gasteiger partial charge in [0.05, 0.1) is 0 Å². The average Bonchev–Trinajstić information content (AvgIpc) is 2.15. The second-order valence-corrected chi connectivity index (χ2v) is 5.81. The minimum Gasteiger partial charge on any atom is -0.611 e. The quantitative estimate of drug-likeness (QED) is 0.621. The molecule has 3 heteroatoms. The van der Waals surface area contributed by atoms with Gasteiger partial charge in [-0.2, -0.15) is 0 Å². The van der Waals surface area contributed by atoms with Crippen molar-refractivity contribution in [2.75, 3.05) is 5.75 Å². The van der Waals surface area contributed by atoms with Crippen LogP contribution in [0.5, 0.6) is 0 Å². The van der Waals surface area contributed by atoms with Gasteiger partial charge in [0.1, 0.15) is 5.75 Å². The normalized spacial score (nSPS) is 13.2. The second-order valence-electron chi connectivity index (χ2n) is 3.73. The fraction of sp³-hybridized carbons (Fsp3) is 0.455. The molecule has 1 atom stereocenters. The van der Waals surface area contributed by atoms with Gasteiger partial charge in [-0.3, -0.25) is 0 Å². The third-order valence-corrected chi connectivity index (χ3v) is 3.68. The van der Waals surface area contributed by atoms with E-state index < -0.39 is 11.2 Å². The van der Waals surface area contributed by atoms with Crippen LogP contribution in [0.1, 0.15) is 20.3 Å². The van der Waals surface area contributed by atoms with Crippen LogP contribution >= 0.6 is 12.6 Å². The summed E-state index contributed by atoms with van der Waals surface area (Å²) in [5.74, 6) is 1.37. The van der Waals surface area contributed by atoms with E-state index in [2.05, 4.69) is 26.5 Å². The summed E-state index contributed by atoms with van der Waals surface area (Å²) in [7, 11) is 0. The summed E-state index contributed by atoms with van der Waals surface area (Å²) in [6, 6.07) is 7.54. The fourth-order valence-electron chi connectivity index (χ4n) is 1.06. The molecule has 14 heavy (non-hydrogen) atoms. The lowest BCUT2D eigenvalue weighted by Gasteiger charge is -2.11. The zero-order chi connectivity index (χ0) is 10.6. The molecule has 0 spiro atoms. The average molecular weight is 228 g/mol. The minimum atomic E-state index is -0.846. The van der Waals surface area contributed by atoms with E-state index in [1.54, 1.807) is 0 Å². The Labute approximate surface area is 94.5 Å². The van der Waals surface area contributed by atoms with E-state index in [4.69, 9.17) is 0 Å². The number of hydrogen-bond donors (Lipinski definition) is 1. The van der Waals surface area contributed by atoms with Crippen molar-refractivity contribution in [3.05, 3.63) is 24.3 Å². The lowest BCUT2D eigenvalue weighted by molar-refractivity contribution is 0.573. The van der Waals surface area contributed by atoms with Gasteiger partial charge in [0.25, 0.3) is 0 Å². The molecule has 1 rings (SSSR count). The molecule has 0 saturated carbocycles. The molecule has 0 aliphatic heterocycles. The molecule has 0 N–H and O–H groups in total. The third-order valence-electron chi connectivity index (χ3n) is 1.98. The molecule has 1 unspecified atom stereocenters. The summed E-state index contributed by atoms with van der Waals surface area (Å²) >= 11 is 3.34. The van der Waals surface area contributed by atoms with Crippen LogP contribution in [0.25, 0.3) is 0 Å². The van der Waals surface area contributed by atoms with E-state index in [0.29, 0.717) is 5.92 Å². The molecular weight excluding hydrogens is 212 g/mol. The van der Waals surface area contributed by atoms with E-state index in [-0.39, 0.29) is 0 Å². The Morgan fingerprint density at radius 2 is 1.86 bits per heavy atom. The van der Waals surface area contributed by atoms with E-state index in [1.807, 2.05) is 24.3 Å². The molecular formula is C11H16OS2. The molecule has 1 aromatic rings. The third kappa shape index (κ3) is 3.95. The predicted molar refractivity (Wildman–Crippen MR) is 64.4 cm³/mol. The smallest absolute Gasteiger partial charge is 0.152 e. The molecule has 0 radical (unpaired) electrons. The SMILES string of the molecule is CC(C)CC[S+]([O-])c1ccc(S)cc1. The topological polar surface area (TPSA) is 23.1 Å². The van der Waals surface area contributed by atoms with Gasteiger partial charge in [-0.25, -0.2) is 0 Å². The molecule has 0 aliphatic carbocycles. The lowest BCUT2D eigenvalue weighted by Crippen LogP contribution is -2.08. The summed E-state index contributed by atoms with van der Waals surface area (Å²) in [5, 5.41) is 0. The molecule has 0 aliphatic rings. The highest BCUT2D eigenvalue weighted by atomic mass is 32.2. The first kappa shape index (κ1) is 12.0. The van der Waals surface area contributed by atoms with Crippen molar-refractivity contribution in [2.24, 2.45) is 5.92 Å². The molecule has 0 fully saturated rings. The van der Waals surface area contributed by atoms with Gasteiger partial charge in [-0.05, 0) is 47.8 Å². The Kier molecular flexibility index (Phi) is 4.85. The summed E-state index contributed by atoms with van der Waals surface area (Å²) in [6.07, 6.45) is 1.01. The minimum absolute atomic E-state index is 0.614. The monoisotopic (exact) mass is 228 g/mol. The zero-order valence-corrected chi connectivity index (χ0v) is 10.3. The Morgan fingerprint density at radius 1 is 1.29 bits per heavy atom. The first-order chi connectivity index (χ1) is 6.59. The number of hydrogen-bond acceptors (Lipinski definition) is 2. The lowest BCUT2D eigenvalue weighted by atomic mass is 10.2. The zero-order valence-electron chi connectivity index (χ0n) is 8.56. The molecule has 1 aromatic carbocycles. The highest BCUT2D eigenvalue weighted by molar-refractivity contribution is 7.91. The Bertz CT molecular complexity index is 269. The standard InChI is InChI=1S/C11H16OS2/c1-9(2)7-8-14(12)11-5-3-10(13)4-6-11/h3-6,9,13H,7-8H2,1-2H3. The molecule has 78 valence electrons. The van der Waals surface area contributed by atoms with Crippen LogP contribution in [0.3, 0.4) is 0 Å². The molecule has 0 aromatic heterocycles. The van der Waals surface area contributed by atoms with Gasteiger partial charge in [-0.15, -0.1) is 12.6 Å². The summed E-state index contributed by atoms with van der Waals surface area (Å²) in [6.45, 7) is 4.29. The van der Waals surface area contributed by atoms with E-state index in [1.165, 1.54) is 0 Å². The molecule has 0 amide bonds. The van der Waals surface area contributed by atoms with Crippen molar-refractivity contribution in [1.82, 2.24) is 0 Å². The van der Waals surface area contributed by atoms with Gasteiger partial charge >= 0.3 is 0 Å². The van der Waals surface area contributed by atoms with Crippen molar-refractivity contribution in [3.63, 3.8) is 0 Å². The van der Waals surface area contributed by atoms with Crippen LogP contribution < -0.4 is 0 Å². The highest BCUT2D eigenvalue weighted by Crippen LogP contribution is 2.16. The molecule has 0 bridgehead atoms. The fourth-order valence-corrected chi connectivity index (χ4v) is 2.57. The predicted octanol–water partition coefficient (Wildman–Crippen LogP) is 3.13. The second kappa shape index (κ2) is 5.69. The van der Waals surface area contributed by atoms with E-state index in [0.717, 1.165) is 22.0 Å². The Morgan fingerprint density at radius 3 is 2.36 bits per heavy atom. The number of benzene rings is 1. The van der Waals surface area contributed by atoms with Crippen LogP contribution in [0.4, 0.5) is 0 Å². The maximum Gasteiger partial charge on any atom is 0.152 e.